The molecule has 8 heavy (non-hydrogen) atoms. The molecule has 2 amide bonds. The van der Waals surface area contributed by atoms with Gasteiger partial charge in [-0.15, -0.1) is 0 Å². The Morgan fingerprint density at radius 2 is 1.62 bits per heavy atom. The molecule has 44 valence electrons. The number of imide groups is 1. The molecule has 1 aliphatic rings. The summed E-state index contributed by atoms with van der Waals surface area (Å²) in [6.45, 7) is 0. The number of carbonyl (C=O) groups excluding carboxylic acids is 2. The van der Waals surface area contributed by atoms with Crippen molar-refractivity contribution in [2.45, 2.75) is 12.8 Å². The number of nitrogens with zero attached hydrogens (tertiary/aromatic N) is 1. The molecule has 0 aromatic rings. The molecule has 1 saturated heterocycles. The summed E-state index contributed by atoms with van der Waals surface area (Å²) in [5.74, 6) is -0.176. The van der Waals surface area contributed by atoms with E-state index in [9.17, 15) is 9.59 Å². The van der Waals surface area contributed by atoms with E-state index in [2.05, 4.69) is 0 Å². The summed E-state index contributed by atoms with van der Waals surface area (Å²) in [6, 6.07) is 0. The van der Waals surface area contributed by atoms with Crippen LogP contribution in [0.1, 0.15) is 12.8 Å². The van der Waals surface area contributed by atoms with Crippen molar-refractivity contribution in [3.63, 3.8) is 0 Å². The zero-order valence-corrected chi connectivity index (χ0v) is 6.00. The van der Waals surface area contributed by atoms with Crippen molar-refractivity contribution >= 4 is 28.0 Å². The van der Waals surface area contributed by atoms with Crippen molar-refractivity contribution in [3.8, 4) is 0 Å². The Morgan fingerprint density at radius 1 is 1.25 bits per heavy atom. The van der Waals surface area contributed by atoms with Gasteiger partial charge in [0.15, 0.2) is 0 Å². The topological polar surface area (TPSA) is 37.4 Å². The van der Waals surface area contributed by atoms with Crippen molar-refractivity contribution in [2.24, 2.45) is 0 Å². The molecule has 1 fully saturated rings. The molecule has 0 unspecified atom stereocenters. The van der Waals surface area contributed by atoms with Crippen LogP contribution < -0.4 is 0 Å². The molecule has 0 bridgehead atoms. The Hall–Kier alpha value is -0.341. The molecule has 0 aromatic carbocycles. The molecule has 1 heterocycles. The molecule has 4 heteroatoms. The minimum atomic E-state index is -0.0880. The summed E-state index contributed by atoms with van der Waals surface area (Å²) in [5, 5.41) is 0. The van der Waals surface area contributed by atoms with Crippen molar-refractivity contribution in [2.75, 3.05) is 0 Å². The molecule has 0 saturated carbocycles. The van der Waals surface area contributed by atoms with Gasteiger partial charge in [-0.2, -0.15) is 0 Å². The van der Waals surface area contributed by atoms with E-state index >= 15 is 0 Å². The summed E-state index contributed by atoms with van der Waals surface area (Å²) < 4.78 is 1.10. The first kappa shape index (κ1) is 5.79. The van der Waals surface area contributed by atoms with Crippen LogP contribution in [0.15, 0.2) is 0 Å². The number of hydrogen-bond acceptors (Lipinski definition) is 2. The first-order chi connectivity index (χ1) is 3.72. The fourth-order valence-electron chi connectivity index (χ4n) is 0.565. The van der Waals surface area contributed by atoms with E-state index in [1.807, 2.05) is 16.2 Å². The maximum absolute atomic E-state index is 10.5. The van der Waals surface area contributed by atoms with Gasteiger partial charge in [0, 0.05) is 0 Å². The van der Waals surface area contributed by atoms with Gasteiger partial charge in [0.25, 0.3) is 0 Å². The maximum atomic E-state index is 10.5. The first-order valence-electron chi connectivity index (χ1n) is 2.26. The van der Waals surface area contributed by atoms with Crippen molar-refractivity contribution in [1.82, 2.24) is 3.92 Å². The third-order valence-electron chi connectivity index (χ3n) is 1.03. The number of rotatable bonds is 0. The Bertz CT molecular complexity index is 129. The van der Waals surface area contributed by atoms with Crippen LogP contribution in [0.5, 0.6) is 0 Å². The second-order valence-electron chi connectivity index (χ2n) is 1.60. The SMILES string of the molecule is O=C1CCC(=O)N1[SeH]. The van der Waals surface area contributed by atoms with E-state index in [1.165, 1.54) is 0 Å². The van der Waals surface area contributed by atoms with Crippen molar-refractivity contribution < 1.29 is 9.59 Å². The zero-order chi connectivity index (χ0) is 6.15. The molecular weight excluding hydrogens is 173 g/mol. The average Bonchev–Trinajstić information content (AvgIpc) is 1.98. The van der Waals surface area contributed by atoms with Gasteiger partial charge in [0.1, 0.15) is 0 Å². The van der Waals surface area contributed by atoms with Crippen LogP contribution in [0.25, 0.3) is 0 Å². The summed E-state index contributed by atoms with van der Waals surface area (Å²) in [6.07, 6.45) is 0.765. The Balaban J connectivity index is 2.70. The quantitative estimate of drug-likeness (QED) is 0.350. The Morgan fingerprint density at radius 3 is 1.75 bits per heavy atom. The van der Waals surface area contributed by atoms with E-state index in [-0.39, 0.29) is 11.8 Å². The van der Waals surface area contributed by atoms with Gasteiger partial charge in [-0.05, 0) is 0 Å². The van der Waals surface area contributed by atoms with Gasteiger partial charge >= 0.3 is 54.4 Å². The average molecular weight is 178 g/mol. The predicted octanol–water partition coefficient (Wildman–Crippen LogP) is -1.05. The summed E-state index contributed by atoms with van der Waals surface area (Å²) in [7, 11) is 0. The van der Waals surface area contributed by atoms with E-state index in [1.54, 1.807) is 0 Å². The molecule has 0 atom stereocenters. The zero-order valence-electron chi connectivity index (χ0n) is 4.13. The molecule has 1 rings (SSSR count). The molecule has 0 aromatic heterocycles. The van der Waals surface area contributed by atoms with Gasteiger partial charge in [0.2, 0.25) is 0 Å². The first-order valence-corrected chi connectivity index (χ1v) is 3.10. The van der Waals surface area contributed by atoms with E-state index in [4.69, 9.17) is 0 Å². The summed E-state index contributed by atoms with van der Waals surface area (Å²) >= 11 is 1.94. The number of carbonyl (C=O) groups is 2. The number of hydrogen-bond donors (Lipinski definition) is 0. The molecule has 0 spiro atoms. The second kappa shape index (κ2) is 1.88. The van der Waals surface area contributed by atoms with Crippen LogP contribution in [0.3, 0.4) is 0 Å². The van der Waals surface area contributed by atoms with E-state index in [0.717, 1.165) is 3.92 Å². The van der Waals surface area contributed by atoms with Gasteiger partial charge in [0.05, 0.1) is 0 Å². The Labute approximate surface area is 55.1 Å². The molecule has 3 nitrogen and oxygen atoms in total. The molecular formula is C4H5NO2Se. The predicted molar refractivity (Wildman–Crippen MR) is 28.2 cm³/mol. The molecule has 0 radical (unpaired) electrons. The molecule has 1 aliphatic heterocycles. The fraction of sp³-hybridized carbons (Fsp3) is 0.500. The third-order valence-corrected chi connectivity index (χ3v) is 1.96. The van der Waals surface area contributed by atoms with Crippen LogP contribution in [-0.4, -0.2) is 32.0 Å². The monoisotopic (exact) mass is 179 g/mol. The normalized spacial score (nSPS) is 20.4. The van der Waals surface area contributed by atoms with Crippen LogP contribution in [-0.2, 0) is 9.59 Å². The van der Waals surface area contributed by atoms with Gasteiger partial charge in [-0.25, -0.2) is 0 Å². The van der Waals surface area contributed by atoms with Crippen LogP contribution >= 0.6 is 0 Å². The Kier molecular flexibility index (Phi) is 1.36. The summed E-state index contributed by atoms with van der Waals surface area (Å²) in [5.41, 5.74) is 0. The van der Waals surface area contributed by atoms with E-state index < -0.39 is 0 Å². The van der Waals surface area contributed by atoms with Gasteiger partial charge < -0.3 is 0 Å². The fourth-order valence-corrected chi connectivity index (χ4v) is 0.984. The molecule has 0 aliphatic carbocycles. The van der Waals surface area contributed by atoms with Crippen LogP contribution in [0, 0.1) is 0 Å². The van der Waals surface area contributed by atoms with Crippen LogP contribution in [0.4, 0.5) is 0 Å². The van der Waals surface area contributed by atoms with Crippen LogP contribution in [0.2, 0.25) is 0 Å². The van der Waals surface area contributed by atoms with Gasteiger partial charge in [-0.1, -0.05) is 0 Å². The third kappa shape index (κ3) is 0.767. The molecule has 0 N–H and O–H groups in total. The second-order valence-corrected chi connectivity index (χ2v) is 2.44. The van der Waals surface area contributed by atoms with E-state index in [0.29, 0.717) is 12.8 Å². The standard InChI is InChI=1S/C4H5NO2Se/c6-3-1-2-4(7)5(3)8/h8H,1-2H2. The van der Waals surface area contributed by atoms with Gasteiger partial charge in [-0.3, -0.25) is 0 Å². The number of amides is 2. The van der Waals surface area contributed by atoms with Crippen molar-refractivity contribution in [3.05, 3.63) is 0 Å². The van der Waals surface area contributed by atoms with Crippen molar-refractivity contribution in [1.29, 1.82) is 0 Å². The minimum absolute atomic E-state index is 0.0880. The summed E-state index contributed by atoms with van der Waals surface area (Å²) in [4.78, 5) is 20.9.